The van der Waals surface area contributed by atoms with Gasteiger partial charge in [-0.15, -0.1) is 0 Å². The molecule has 2 N–H and O–H groups in total. The predicted molar refractivity (Wildman–Crippen MR) is 122 cm³/mol. The zero-order valence-electron chi connectivity index (χ0n) is 18.0. The summed E-state index contributed by atoms with van der Waals surface area (Å²) in [4.78, 5) is 24.7. The van der Waals surface area contributed by atoms with E-state index in [0.29, 0.717) is 40.0 Å². The summed E-state index contributed by atoms with van der Waals surface area (Å²) in [5.41, 5.74) is 2.18. The summed E-state index contributed by atoms with van der Waals surface area (Å²) in [6.45, 7) is 6.03. The van der Waals surface area contributed by atoms with Crippen LogP contribution >= 0.6 is 23.2 Å². The van der Waals surface area contributed by atoms with Gasteiger partial charge in [0.05, 0.1) is 29.9 Å². The molecule has 0 aromatic heterocycles. The number of carbonyl (C=O) groups excluding carboxylic acids is 2. The van der Waals surface area contributed by atoms with Gasteiger partial charge < -0.3 is 24.8 Å². The molecule has 1 aliphatic rings. The maximum absolute atomic E-state index is 12.6. The van der Waals surface area contributed by atoms with E-state index in [9.17, 15) is 9.59 Å². The number of esters is 1. The van der Waals surface area contributed by atoms with Crippen LogP contribution in [0.25, 0.3) is 0 Å². The Bertz CT molecular complexity index is 1040. The number of benzene rings is 2. The molecule has 0 unspecified atom stereocenters. The van der Waals surface area contributed by atoms with Crippen molar-refractivity contribution in [1.82, 2.24) is 10.6 Å². The molecule has 7 nitrogen and oxygen atoms in total. The number of rotatable bonds is 8. The second kappa shape index (κ2) is 10.6. The molecule has 0 aliphatic carbocycles. The van der Waals surface area contributed by atoms with Crippen molar-refractivity contribution in [2.75, 3.05) is 13.2 Å². The first kappa shape index (κ1) is 23.8. The van der Waals surface area contributed by atoms with Crippen molar-refractivity contribution in [2.24, 2.45) is 0 Å². The highest BCUT2D eigenvalue weighted by Crippen LogP contribution is 2.40. The molecular formula is C23H24Cl2N2O5. The number of halogens is 2. The van der Waals surface area contributed by atoms with Crippen LogP contribution in [0.4, 0.5) is 4.79 Å². The molecule has 32 heavy (non-hydrogen) atoms. The van der Waals surface area contributed by atoms with Crippen LogP contribution in [0, 0.1) is 0 Å². The standard InChI is InChI=1S/C23H24Cl2N2O5/c1-4-30-18-11-15(20-19(22(28)31-5-2)13(3)26-23(29)27-20)10-17(25)21(18)32-12-14-6-8-16(24)9-7-14/h6-11,20H,4-5,12H2,1-3H3,(H2,26,27,29)/t20-/m0/s1. The minimum absolute atomic E-state index is 0.207. The van der Waals surface area contributed by atoms with Crippen molar-refractivity contribution in [1.29, 1.82) is 0 Å². The molecule has 0 spiro atoms. The maximum atomic E-state index is 12.6. The van der Waals surface area contributed by atoms with Gasteiger partial charge in [0.25, 0.3) is 0 Å². The second-order valence-corrected chi connectivity index (χ2v) is 7.81. The van der Waals surface area contributed by atoms with Gasteiger partial charge in [0, 0.05) is 10.7 Å². The topological polar surface area (TPSA) is 85.9 Å². The minimum Gasteiger partial charge on any atom is -0.490 e. The van der Waals surface area contributed by atoms with Gasteiger partial charge in [-0.3, -0.25) is 0 Å². The van der Waals surface area contributed by atoms with Gasteiger partial charge in [0.2, 0.25) is 0 Å². The number of hydrogen-bond donors (Lipinski definition) is 2. The van der Waals surface area contributed by atoms with Crippen LogP contribution in [0.15, 0.2) is 47.7 Å². The summed E-state index contributed by atoms with van der Waals surface area (Å²) >= 11 is 12.5. The zero-order chi connectivity index (χ0) is 23.3. The molecule has 2 aromatic carbocycles. The van der Waals surface area contributed by atoms with Crippen molar-refractivity contribution in [3.63, 3.8) is 0 Å². The Balaban J connectivity index is 1.96. The number of carbonyl (C=O) groups is 2. The summed E-state index contributed by atoms with van der Waals surface area (Å²) in [6, 6.07) is 9.42. The van der Waals surface area contributed by atoms with Gasteiger partial charge in [-0.05, 0) is 56.2 Å². The Kier molecular flexibility index (Phi) is 7.88. The lowest BCUT2D eigenvalue weighted by Gasteiger charge is -2.28. The smallest absolute Gasteiger partial charge is 0.338 e. The number of nitrogens with one attached hydrogen (secondary N) is 2. The molecule has 1 aliphatic heterocycles. The molecular weight excluding hydrogens is 455 g/mol. The van der Waals surface area contributed by atoms with Crippen LogP contribution in [0.1, 0.15) is 37.9 Å². The molecule has 0 bridgehead atoms. The largest absolute Gasteiger partial charge is 0.490 e. The van der Waals surface area contributed by atoms with Gasteiger partial charge in [-0.25, -0.2) is 9.59 Å². The highest BCUT2D eigenvalue weighted by Gasteiger charge is 2.33. The first-order valence-electron chi connectivity index (χ1n) is 10.1. The molecule has 0 radical (unpaired) electrons. The number of urea groups is 1. The fraction of sp³-hybridized carbons (Fsp3) is 0.304. The average Bonchev–Trinajstić information content (AvgIpc) is 2.74. The molecule has 170 valence electrons. The van der Waals surface area contributed by atoms with Crippen LogP contribution in [-0.4, -0.2) is 25.2 Å². The Morgan fingerprint density at radius 2 is 1.78 bits per heavy atom. The van der Waals surface area contributed by atoms with E-state index in [1.165, 1.54) is 0 Å². The van der Waals surface area contributed by atoms with Gasteiger partial charge in [-0.2, -0.15) is 0 Å². The lowest BCUT2D eigenvalue weighted by Crippen LogP contribution is -2.45. The third-order valence-electron chi connectivity index (χ3n) is 4.73. The number of hydrogen-bond acceptors (Lipinski definition) is 5. The average molecular weight is 479 g/mol. The molecule has 3 rings (SSSR count). The second-order valence-electron chi connectivity index (χ2n) is 6.97. The van der Waals surface area contributed by atoms with E-state index in [1.807, 2.05) is 19.1 Å². The van der Waals surface area contributed by atoms with E-state index in [-0.39, 0.29) is 18.2 Å². The van der Waals surface area contributed by atoms with Crippen LogP contribution < -0.4 is 20.1 Å². The summed E-state index contributed by atoms with van der Waals surface area (Å²) in [5, 5.41) is 6.28. The molecule has 0 saturated carbocycles. The SMILES string of the molecule is CCOC(=O)C1=C(C)NC(=O)N[C@H]1c1cc(Cl)c(OCc2ccc(Cl)cc2)c(OCC)c1. The molecule has 9 heteroatoms. The summed E-state index contributed by atoms with van der Waals surface area (Å²) < 4.78 is 16.9. The first-order valence-corrected chi connectivity index (χ1v) is 10.9. The van der Waals surface area contributed by atoms with Crippen molar-refractivity contribution in [3.8, 4) is 11.5 Å². The van der Waals surface area contributed by atoms with Gasteiger partial charge in [-0.1, -0.05) is 35.3 Å². The van der Waals surface area contributed by atoms with Gasteiger partial charge in [0.1, 0.15) is 6.61 Å². The van der Waals surface area contributed by atoms with Crippen molar-refractivity contribution < 1.29 is 23.8 Å². The maximum Gasteiger partial charge on any atom is 0.338 e. The highest BCUT2D eigenvalue weighted by atomic mass is 35.5. The third-order valence-corrected chi connectivity index (χ3v) is 5.26. The summed E-state index contributed by atoms with van der Waals surface area (Å²) in [6.07, 6.45) is 0. The third kappa shape index (κ3) is 5.47. The Labute approximate surface area is 196 Å². The molecule has 0 fully saturated rings. The predicted octanol–water partition coefficient (Wildman–Crippen LogP) is 5.16. The van der Waals surface area contributed by atoms with Crippen molar-refractivity contribution in [3.05, 3.63) is 68.8 Å². The van der Waals surface area contributed by atoms with Crippen LogP contribution in [-0.2, 0) is 16.1 Å². The van der Waals surface area contributed by atoms with E-state index < -0.39 is 18.0 Å². The Morgan fingerprint density at radius 3 is 2.44 bits per heavy atom. The van der Waals surface area contributed by atoms with E-state index in [4.69, 9.17) is 37.4 Å². The zero-order valence-corrected chi connectivity index (χ0v) is 19.5. The highest BCUT2D eigenvalue weighted by molar-refractivity contribution is 6.32. The first-order chi connectivity index (χ1) is 15.3. The quantitative estimate of drug-likeness (QED) is 0.511. The number of ether oxygens (including phenoxy) is 3. The summed E-state index contributed by atoms with van der Waals surface area (Å²) in [5.74, 6) is 0.239. The number of amides is 2. The summed E-state index contributed by atoms with van der Waals surface area (Å²) in [7, 11) is 0. The fourth-order valence-corrected chi connectivity index (χ4v) is 3.72. The minimum atomic E-state index is -0.759. The molecule has 1 heterocycles. The van der Waals surface area contributed by atoms with Gasteiger partial charge in [0.15, 0.2) is 11.5 Å². The van der Waals surface area contributed by atoms with E-state index in [0.717, 1.165) is 5.56 Å². The fourth-order valence-electron chi connectivity index (χ4n) is 3.32. The Hall–Kier alpha value is -2.90. The molecule has 1 atom stereocenters. The molecule has 2 amide bonds. The van der Waals surface area contributed by atoms with Crippen LogP contribution in [0.2, 0.25) is 10.0 Å². The molecule has 2 aromatic rings. The lowest BCUT2D eigenvalue weighted by atomic mass is 9.95. The van der Waals surface area contributed by atoms with Crippen molar-refractivity contribution >= 4 is 35.2 Å². The lowest BCUT2D eigenvalue weighted by molar-refractivity contribution is -0.139. The Morgan fingerprint density at radius 1 is 1.06 bits per heavy atom. The normalized spacial score (nSPS) is 15.7. The monoisotopic (exact) mass is 478 g/mol. The van der Waals surface area contributed by atoms with Crippen LogP contribution in [0.3, 0.4) is 0 Å². The number of allylic oxidation sites excluding steroid dienone is 1. The van der Waals surface area contributed by atoms with E-state index >= 15 is 0 Å². The van der Waals surface area contributed by atoms with Crippen molar-refractivity contribution in [2.45, 2.75) is 33.4 Å². The van der Waals surface area contributed by atoms with E-state index in [1.54, 1.807) is 38.1 Å². The van der Waals surface area contributed by atoms with E-state index in [2.05, 4.69) is 10.6 Å². The van der Waals surface area contributed by atoms with Gasteiger partial charge >= 0.3 is 12.0 Å². The molecule has 0 saturated heterocycles. The van der Waals surface area contributed by atoms with Crippen LogP contribution in [0.5, 0.6) is 11.5 Å².